The van der Waals surface area contributed by atoms with Crippen LogP contribution in [-0.2, 0) is 0 Å². The number of benzene rings is 1. The van der Waals surface area contributed by atoms with Gasteiger partial charge in [-0.3, -0.25) is 0 Å². The van der Waals surface area contributed by atoms with Crippen molar-refractivity contribution in [2.24, 2.45) is 0 Å². The molecule has 0 aliphatic carbocycles. The van der Waals surface area contributed by atoms with Gasteiger partial charge in [-0.15, -0.1) is 0 Å². The van der Waals surface area contributed by atoms with Gasteiger partial charge < -0.3 is 4.74 Å². The lowest BCUT2D eigenvalue weighted by Crippen LogP contribution is -1.95. The monoisotopic (exact) mass is 180 g/mol. The molecule has 0 bridgehead atoms. The van der Waals surface area contributed by atoms with E-state index in [2.05, 4.69) is 0 Å². The molecule has 0 unspecified atom stereocenters. The highest BCUT2D eigenvalue weighted by atomic mass is 19.1. The molecule has 1 aromatic rings. The van der Waals surface area contributed by atoms with Gasteiger partial charge in [-0.05, 0) is 25.5 Å². The standard InChI is InChI=1S/C11H13FO/c1-2-3-4-8-13-11-7-5-6-10(12)9-11/h2-3,5-7,9H,4,8H2,1H3/b3-2+. The first-order chi connectivity index (χ1) is 6.33. The van der Waals surface area contributed by atoms with E-state index >= 15 is 0 Å². The molecule has 1 rings (SSSR count). The van der Waals surface area contributed by atoms with Crippen molar-refractivity contribution in [2.75, 3.05) is 6.61 Å². The lowest BCUT2D eigenvalue weighted by molar-refractivity contribution is 0.323. The van der Waals surface area contributed by atoms with Crippen LogP contribution in [0, 0.1) is 5.82 Å². The van der Waals surface area contributed by atoms with E-state index in [0.29, 0.717) is 12.4 Å². The highest BCUT2D eigenvalue weighted by molar-refractivity contribution is 5.22. The summed E-state index contributed by atoms with van der Waals surface area (Å²) in [6.07, 6.45) is 4.83. The summed E-state index contributed by atoms with van der Waals surface area (Å²) in [5, 5.41) is 0. The van der Waals surface area contributed by atoms with Gasteiger partial charge in [0.05, 0.1) is 6.61 Å². The third-order valence-corrected chi connectivity index (χ3v) is 1.59. The summed E-state index contributed by atoms with van der Waals surface area (Å²) in [6.45, 7) is 2.55. The summed E-state index contributed by atoms with van der Waals surface area (Å²) in [7, 11) is 0. The number of allylic oxidation sites excluding steroid dienone is 1. The van der Waals surface area contributed by atoms with Gasteiger partial charge >= 0.3 is 0 Å². The maximum atomic E-state index is 12.6. The fourth-order valence-corrected chi connectivity index (χ4v) is 0.968. The molecule has 1 aromatic carbocycles. The highest BCUT2D eigenvalue weighted by Crippen LogP contribution is 2.11. The molecule has 0 spiro atoms. The molecule has 0 saturated carbocycles. The number of hydrogen-bond donors (Lipinski definition) is 0. The lowest BCUT2D eigenvalue weighted by atomic mass is 10.3. The molecule has 0 N–H and O–H groups in total. The third-order valence-electron chi connectivity index (χ3n) is 1.59. The SMILES string of the molecule is C/C=C/CCOc1cccc(F)c1. The Balaban J connectivity index is 2.36. The van der Waals surface area contributed by atoms with Crippen molar-refractivity contribution in [1.29, 1.82) is 0 Å². The van der Waals surface area contributed by atoms with Crippen LogP contribution < -0.4 is 4.74 Å². The van der Waals surface area contributed by atoms with E-state index < -0.39 is 0 Å². The van der Waals surface area contributed by atoms with Gasteiger partial charge in [0, 0.05) is 6.07 Å². The zero-order valence-electron chi connectivity index (χ0n) is 7.66. The summed E-state index contributed by atoms with van der Waals surface area (Å²) in [5.74, 6) is 0.327. The second-order valence-corrected chi connectivity index (χ2v) is 2.66. The van der Waals surface area contributed by atoms with E-state index in [1.54, 1.807) is 12.1 Å². The van der Waals surface area contributed by atoms with E-state index in [1.165, 1.54) is 12.1 Å². The maximum Gasteiger partial charge on any atom is 0.126 e. The Morgan fingerprint density at radius 1 is 1.46 bits per heavy atom. The van der Waals surface area contributed by atoms with Crippen molar-refractivity contribution >= 4 is 0 Å². The summed E-state index contributed by atoms with van der Waals surface area (Å²) in [5.41, 5.74) is 0. The molecular formula is C11H13FO. The second kappa shape index (κ2) is 5.36. The zero-order valence-corrected chi connectivity index (χ0v) is 7.66. The van der Waals surface area contributed by atoms with Gasteiger partial charge in [-0.25, -0.2) is 4.39 Å². The smallest absolute Gasteiger partial charge is 0.126 e. The van der Waals surface area contributed by atoms with Crippen LogP contribution in [0.5, 0.6) is 5.75 Å². The summed E-state index contributed by atoms with van der Waals surface area (Å²) in [4.78, 5) is 0. The number of ether oxygens (including phenoxy) is 1. The van der Waals surface area contributed by atoms with Crippen LogP contribution in [0.25, 0.3) is 0 Å². The first-order valence-electron chi connectivity index (χ1n) is 4.32. The van der Waals surface area contributed by atoms with E-state index in [0.717, 1.165) is 6.42 Å². The van der Waals surface area contributed by atoms with Gasteiger partial charge in [0.25, 0.3) is 0 Å². The molecule has 0 aliphatic rings. The molecule has 0 radical (unpaired) electrons. The average Bonchev–Trinajstić information content (AvgIpc) is 2.13. The largest absolute Gasteiger partial charge is 0.493 e. The molecule has 70 valence electrons. The van der Waals surface area contributed by atoms with Gasteiger partial charge in [-0.2, -0.15) is 0 Å². The first kappa shape index (κ1) is 9.78. The van der Waals surface area contributed by atoms with Gasteiger partial charge in [-0.1, -0.05) is 18.2 Å². The fourth-order valence-electron chi connectivity index (χ4n) is 0.968. The number of hydrogen-bond acceptors (Lipinski definition) is 1. The van der Waals surface area contributed by atoms with E-state index in [9.17, 15) is 4.39 Å². The van der Waals surface area contributed by atoms with Crippen LogP contribution in [0.3, 0.4) is 0 Å². The molecule has 0 atom stereocenters. The van der Waals surface area contributed by atoms with Gasteiger partial charge in [0.1, 0.15) is 11.6 Å². The van der Waals surface area contributed by atoms with Gasteiger partial charge in [0.2, 0.25) is 0 Å². The molecule has 13 heavy (non-hydrogen) atoms. The van der Waals surface area contributed by atoms with Crippen molar-refractivity contribution in [3.05, 3.63) is 42.2 Å². The Labute approximate surface area is 77.8 Å². The first-order valence-corrected chi connectivity index (χ1v) is 4.32. The fraction of sp³-hybridized carbons (Fsp3) is 0.273. The van der Waals surface area contributed by atoms with E-state index in [-0.39, 0.29) is 5.82 Å². The van der Waals surface area contributed by atoms with Crippen LogP contribution in [0.15, 0.2) is 36.4 Å². The lowest BCUT2D eigenvalue weighted by Gasteiger charge is -2.03. The molecule has 0 aliphatic heterocycles. The predicted octanol–water partition coefficient (Wildman–Crippen LogP) is 3.17. The molecular weight excluding hydrogens is 167 g/mol. The third kappa shape index (κ3) is 3.74. The van der Waals surface area contributed by atoms with Crippen molar-refractivity contribution in [3.8, 4) is 5.75 Å². The van der Waals surface area contributed by atoms with Crippen LogP contribution in [0.2, 0.25) is 0 Å². The Kier molecular flexibility index (Phi) is 4.03. The molecule has 0 saturated heterocycles. The average molecular weight is 180 g/mol. The van der Waals surface area contributed by atoms with E-state index in [1.807, 2.05) is 19.1 Å². The normalized spacial score (nSPS) is 10.6. The minimum atomic E-state index is -0.261. The summed E-state index contributed by atoms with van der Waals surface area (Å²) in [6, 6.07) is 6.17. The number of halogens is 1. The van der Waals surface area contributed by atoms with Crippen molar-refractivity contribution in [2.45, 2.75) is 13.3 Å². The van der Waals surface area contributed by atoms with Crippen molar-refractivity contribution in [1.82, 2.24) is 0 Å². The maximum absolute atomic E-state index is 12.6. The van der Waals surface area contributed by atoms with Crippen molar-refractivity contribution < 1.29 is 9.13 Å². The van der Waals surface area contributed by atoms with E-state index in [4.69, 9.17) is 4.74 Å². The second-order valence-electron chi connectivity index (χ2n) is 2.66. The topological polar surface area (TPSA) is 9.23 Å². The Hall–Kier alpha value is -1.31. The summed E-state index contributed by atoms with van der Waals surface area (Å²) < 4.78 is 17.9. The quantitative estimate of drug-likeness (QED) is 0.510. The molecule has 0 fully saturated rings. The molecule has 0 aromatic heterocycles. The minimum absolute atomic E-state index is 0.261. The Bertz CT molecular complexity index is 281. The zero-order chi connectivity index (χ0) is 9.52. The van der Waals surface area contributed by atoms with Crippen LogP contribution in [0.4, 0.5) is 4.39 Å². The molecule has 0 amide bonds. The Morgan fingerprint density at radius 2 is 2.31 bits per heavy atom. The van der Waals surface area contributed by atoms with Gasteiger partial charge in [0.15, 0.2) is 0 Å². The van der Waals surface area contributed by atoms with Crippen molar-refractivity contribution in [3.63, 3.8) is 0 Å². The summed E-state index contributed by atoms with van der Waals surface area (Å²) >= 11 is 0. The van der Waals surface area contributed by atoms with Crippen LogP contribution >= 0.6 is 0 Å². The number of rotatable bonds is 4. The molecule has 1 nitrogen and oxygen atoms in total. The highest BCUT2D eigenvalue weighted by Gasteiger charge is 1.93. The molecule has 2 heteroatoms. The predicted molar refractivity (Wildman–Crippen MR) is 51.3 cm³/mol. The van der Waals surface area contributed by atoms with Crippen LogP contribution in [-0.4, -0.2) is 6.61 Å². The minimum Gasteiger partial charge on any atom is -0.493 e. The molecule has 0 heterocycles. The van der Waals surface area contributed by atoms with Crippen LogP contribution in [0.1, 0.15) is 13.3 Å². The Morgan fingerprint density at radius 3 is 3.00 bits per heavy atom.